The molecule has 0 bridgehead atoms. The molecule has 0 saturated heterocycles. The molecule has 1 atom stereocenters. The number of carbonyl (C=O) groups excluding carboxylic acids is 3. The van der Waals surface area contributed by atoms with Crippen molar-refractivity contribution in [1.82, 2.24) is 10.6 Å². The van der Waals surface area contributed by atoms with Crippen molar-refractivity contribution in [2.24, 2.45) is 0 Å². The van der Waals surface area contributed by atoms with Gasteiger partial charge in [0.2, 0.25) is 5.91 Å². The van der Waals surface area contributed by atoms with Crippen LogP contribution < -0.4 is 10.6 Å². The van der Waals surface area contributed by atoms with Crippen LogP contribution in [0, 0.1) is 0 Å². The molecule has 0 rings (SSSR count). The molecule has 0 aromatic carbocycles. The summed E-state index contributed by atoms with van der Waals surface area (Å²) in [7, 11) is 1.83. The molecule has 116 valence electrons. The summed E-state index contributed by atoms with van der Waals surface area (Å²) in [5, 5.41) is 5.48. The fourth-order valence-electron chi connectivity index (χ4n) is 1.41. The molecule has 0 aliphatic rings. The topological polar surface area (TPSA) is 93.7 Å². The number of amides is 1. The summed E-state index contributed by atoms with van der Waals surface area (Å²) in [6, 6.07) is -0.622. The molecule has 0 fully saturated rings. The van der Waals surface area contributed by atoms with E-state index in [-0.39, 0.29) is 24.7 Å². The van der Waals surface area contributed by atoms with Crippen molar-refractivity contribution < 1.29 is 23.9 Å². The van der Waals surface area contributed by atoms with Gasteiger partial charge in [-0.1, -0.05) is 0 Å². The minimum absolute atomic E-state index is 0.125. The van der Waals surface area contributed by atoms with Gasteiger partial charge in [0.25, 0.3) is 0 Å². The Bertz CT molecular complexity index is 296. The smallest absolute Gasteiger partial charge is 0.246 e. The van der Waals surface area contributed by atoms with Gasteiger partial charge in [-0.3, -0.25) is 9.59 Å². The van der Waals surface area contributed by atoms with Crippen LogP contribution in [0.5, 0.6) is 0 Å². The third-order valence-electron chi connectivity index (χ3n) is 2.50. The first-order valence-electron chi connectivity index (χ1n) is 6.65. The standard InChI is InChI=1S/C13H24N2O5/c1-11(17)12(4-3-6-16)15-13(18)10-20-9-8-19-7-5-14-2/h6,12,14H,3-5,7-10H2,1-2H3,(H,15,18). The molecule has 7 heteroatoms. The number of likely N-dealkylation sites (N-methyl/N-ethyl adjacent to an activating group) is 1. The Morgan fingerprint density at radius 1 is 1.20 bits per heavy atom. The highest BCUT2D eigenvalue weighted by atomic mass is 16.5. The summed E-state index contributed by atoms with van der Waals surface area (Å²) >= 11 is 0. The van der Waals surface area contributed by atoms with Crippen LogP contribution >= 0.6 is 0 Å². The number of hydrogen-bond donors (Lipinski definition) is 2. The molecule has 0 radical (unpaired) electrons. The summed E-state index contributed by atoms with van der Waals surface area (Å²) in [6.45, 7) is 3.33. The second kappa shape index (κ2) is 12.7. The zero-order chi connectivity index (χ0) is 15.2. The lowest BCUT2D eigenvalue weighted by molar-refractivity contribution is -0.130. The summed E-state index contributed by atoms with van der Waals surface area (Å²) in [5.41, 5.74) is 0. The third-order valence-corrected chi connectivity index (χ3v) is 2.50. The molecule has 0 aliphatic heterocycles. The molecule has 0 saturated carbocycles. The molecular formula is C13H24N2O5. The lowest BCUT2D eigenvalue weighted by atomic mass is 10.1. The summed E-state index contributed by atoms with van der Waals surface area (Å²) < 4.78 is 10.3. The minimum Gasteiger partial charge on any atom is -0.378 e. The second-order valence-corrected chi connectivity index (χ2v) is 4.24. The Hall–Kier alpha value is -1.31. The van der Waals surface area contributed by atoms with Crippen molar-refractivity contribution >= 4 is 18.0 Å². The third kappa shape index (κ3) is 10.6. The Balaban J connectivity index is 3.69. The number of nitrogens with one attached hydrogen (secondary N) is 2. The largest absolute Gasteiger partial charge is 0.378 e. The van der Waals surface area contributed by atoms with Crippen LogP contribution in [-0.4, -0.2) is 64.0 Å². The van der Waals surface area contributed by atoms with Crippen molar-refractivity contribution in [3.63, 3.8) is 0 Å². The number of rotatable bonds is 13. The number of carbonyl (C=O) groups is 3. The zero-order valence-electron chi connectivity index (χ0n) is 12.1. The fourth-order valence-corrected chi connectivity index (χ4v) is 1.41. The Morgan fingerprint density at radius 2 is 1.90 bits per heavy atom. The van der Waals surface area contributed by atoms with Gasteiger partial charge in [-0.25, -0.2) is 0 Å². The number of ether oxygens (including phenoxy) is 2. The van der Waals surface area contributed by atoms with Gasteiger partial charge >= 0.3 is 0 Å². The molecule has 2 N–H and O–H groups in total. The van der Waals surface area contributed by atoms with E-state index in [4.69, 9.17) is 9.47 Å². The van der Waals surface area contributed by atoms with Crippen LogP contribution in [0.3, 0.4) is 0 Å². The molecular weight excluding hydrogens is 264 g/mol. The van der Waals surface area contributed by atoms with E-state index in [1.807, 2.05) is 7.05 Å². The second-order valence-electron chi connectivity index (χ2n) is 4.24. The maximum absolute atomic E-state index is 11.5. The van der Waals surface area contributed by atoms with Gasteiger partial charge in [0, 0.05) is 13.0 Å². The van der Waals surface area contributed by atoms with Gasteiger partial charge in [-0.15, -0.1) is 0 Å². The molecule has 0 spiro atoms. The van der Waals surface area contributed by atoms with E-state index >= 15 is 0 Å². The quantitative estimate of drug-likeness (QED) is 0.343. The first-order valence-corrected chi connectivity index (χ1v) is 6.65. The van der Waals surface area contributed by atoms with Crippen LogP contribution in [-0.2, 0) is 23.9 Å². The number of hydrogen-bond acceptors (Lipinski definition) is 6. The van der Waals surface area contributed by atoms with E-state index in [2.05, 4.69) is 10.6 Å². The molecule has 0 aromatic heterocycles. The van der Waals surface area contributed by atoms with Crippen molar-refractivity contribution in [2.75, 3.05) is 40.0 Å². The van der Waals surface area contributed by atoms with Crippen molar-refractivity contribution in [1.29, 1.82) is 0 Å². The van der Waals surface area contributed by atoms with Crippen molar-refractivity contribution in [2.45, 2.75) is 25.8 Å². The van der Waals surface area contributed by atoms with Crippen molar-refractivity contribution in [3.05, 3.63) is 0 Å². The summed E-state index contributed by atoms with van der Waals surface area (Å²) in [4.78, 5) is 33.1. The first-order chi connectivity index (χ1) is 9.61. The molecule has 20 heavy (non-hydrogen) atoms. The molecule has 0 heterocycles. The van der Waals surface area contributed by atoms with Gasteiger partial charge in [-0.05, 0) is 20.4 Å². The summed E-state index contributed by atoms with van der Waals surface area (Å²) in [6.07, 6.45) is 1.28. The molecule has 0 aliphatic carbocycles. The van der Waals surface area contributed by atoms with Crippen LogP contribution in [0.1, 0.15) is 19.8 Å². The molecule has 7 nitrogen and oxygen atoms in total. The van der Waals surface area contributed by atoms with Crippen LogP contribution in [0.2, 0.25) is 0 Å². The SMILES string of the molecule is CNCCOCCOCC(=O)NC(CCC=O)C(C)=O. The molecule has 1 amide bonds. The van der Waals surface area contributed by atoms with E-state index in [0.717, 1.165) is 12.8 Å². The monoisotopic (exact) mass is 288 g/mol. The number of aldehydes is 1. The van der Waals surface area contributed by atoms with E-state index < -0.39 is 6.04 Å². The first kappa shape index (κ1) is 18.7. The maximum atomic E-state index is 11.5. The Morgan fingerprint density at radius 3 is 2.50 bits per heavy atom. The highest BCUT2D eigenvalue weighted by molar-refractivity contribution is 5.88. The fraction of sp³-hybridized carbons (Fsp3) is 0.769. The van der Waals surface area contributed by atoms with E-state index in [0.29, 0.717) is 26.2 Å². The van der Waals surface area contributed by atoms with E-state index in [1.165, 1.54) is 6.92 Å². The predicted molar refractivity (Wildman–Crippen MR) is 73.5 cm³/mol. The lowest BCUT2D eigenvalue weighted by Crippen LogP contribution is -2.41. The van der Waals surface area contributed by atoms with Crippen molar-refractivity contribution in [3.8, 4) is 0 Å². The zero-order valence-corrected chi connectivity index (χ0v) is 12.1. The van der Waals surface area contributed by atoms with Gasteiger partial charge in [0.1, 0.15) is 12.9 Å². The minimum atomic E-state index is -0.622. The average Bonchev–Trinajstić information content (AvgIpc) is 2.42. The normalized spacial score (nSPS) is 11.9. The van der Waals surface area contributed by atoms with Crippen LogP contribution in [0.15, 0.2) is 0 Å². The predicted octanol–water partition coefficient (Wildman–Crippen LogP) is -0.708. The van der Waals surface area contributed by atoms with Gasteiger partial charge < -0.3 is 24.9 Å². The van der Waals surface area contributed by atoms with Crippen LogP contribution in [0.25, 0.3) is 0 Å². The van der Waals surface area contributed by atoms with Gasteiger partial charge in [-0.2, -0.15) is 0 Å². The number of Topliss-reactive ketones (excluding diaryl/α,β-unsaturated/α-hetero) is 1. The molecule has 1 unspecified atom stereocenters. The van der Waals surface area contributed by atoms with Gasteiger partial charge in [0.05, 0.1) is 25.9 Å². The Kier molecular flexibility index (Phi) is 11.9. The average molecular weight is 288 g/mol. The summed E-state index contributed by atoms with van der Waals surface area (Å²) in [5.74, 6) is -0.540. The highest BCUT2D eigenvalue weighted by Gasteiger charge is 2.16. The maximum Gasteiger partial charge on any atom is 0.246 e. The van der Waals surface area contributed by atoms with E-state index in [1.54, 1.807) is 0 Å². The van der Waals surface area contributed by atoms with Crippen LogP contribution in [0.4, 0.5) is 0 Å². The lowest BCUT2D eigenvalue weighted by Gasteiger charge is -2.14. The van der Waals surface area contributed by atoms with E-state index in [9.17, 15) is 14.4 Å². The molecule has 0 aromatic rings. The van der Waals surface area contributed by atoms with Gasteiger partial charge in [0.15, 0.2) is 5.78 Å². The highest BCUT2D eigenvalue weighted by Crippen LogP contribution is 1.97. The Labute approximate surface area is 119 Å². The number of ketones is 1.